The van der Waals surface area contributed by atoms with Gasteiger partial charge in [0, 0.05) is 20.5 Å². The Labute approximate surface area is 152 Å². The van der Waals surface area contributed by atoms with Gasteiger partial charge in [0.05, 0.1) is 0 Å². The van der Waals surface area contributed by atoms with Gasteiger partial charge in [-0.05, 0) is 67.7 Å². The molecule has 2 aliphatic rings. The second-order valence-electron chi connectivity index (χ2n) is 7.94. The van der Waals surface area contributed by atoms with E-state index >= 15 is 0 Å². The molecule has 1 heterocycles. The van der Waals surface area contributed by atoms with Gasteiger partial charge in [0.1, 0.15) is 0 Å². The van der Waals surface area contributed by atoms with Crippen molar-refractivity contribution in [1.29, 1.82) is 0 Å². The first-order valence-corrected chi connectivity index (χ1v) is 10.1. The van der Waals surface area contributed by atoms with Crippen molar-refractivity contribution in [2.45, 2.75) is 45.4 Å². The van der Waals surface area contributed by atoms with Crippen LogP contribution in [0.1, 0.15) is 41.7 Å². The van der Waals surface area contributed by atoms with Crippen molar-refractivity contribution >= 4 is 21.4 Å². The molecule has 25 heavy (non-hydrogen) atoms. The van der Waals surface area contributed by atoms with E-state index in [4.69, 9.17) is 0 Å². The highest BCUT2D eigenvalue weighted by molar-refractivity contribution is 7.18. The third kappa shape index (κ3) is 2.46. The SMILES string of the molecule is Cc1ccc(-c2ccc3c(=O)c4c(sc3c2)CC2(CCC2)CC4)cc1. The Bertz CT molecular complexity index is 1020. The summed E-state index contributed by atoms with van der Waals surface area (Å²) >= 11 is 1.87. The Kier molecular flexibility index (Phi) is 3.40. The highest BCUT2D eigenvalue weighted by atomic mass is 32.1. The predicted octanol–water partition coefficient (Wildman–Crippen LogP) is 5.90. The summed E-state index contributed by atoms with van der Waals surface area (Å²) in [7, 11) is 0. The maximum absolute atomic E-state index is 13.0. The second-order valence-corrected chi connectivity index (χ2v) is 9.08. The molecule has 1 saturated carbocycles. The Morgan fingerprint density at radius 1 is 0.960 bits per heavy atom. The van der Waals surface area contributed by atoms with Gasteiger partial charge >= 0.3 is 0 Å². The molecule has 0 saturated heterocycles. The Hall–Kier alpha value is -1.93. The van der Waals surface area contributed by atoms with Crippen molar-refractivity contribution in [3.8, 4) is 11.1 Å². The van der Waals surface area contributed by atoms with Crippen LogP contribution in [-0.4, -0.2) is 0 Å². The van der Waals surface area contributed by atoms with E-state index in [0.717, 1.165) is 28.5 Å². The molecule has 1 fully saturated rings. The van der Waals surface area contributed by atoms with Crippen molar-refractivity contribution in [1.82, 2.24) is 0 Å². The molecule has 0 unspecified atom stereocenters. The monoisotopic (exact) mass is 346 g/mol. The second kappa shape index (κ2) is 5.54. The average molecular weight is 346 g/mol. The van der Waals surface area contributed by atoms with Crippen LogP contribution in [0.25, 0.3) is 21.2 Å². The molecule has 5 rings (SSSR count). The Morgan fingerprint density at radius 3 is 2.44 bits per heavy atom. The summed E-state index contributed by atoms with van der Waals surface area (Å²) in [4.78, 5) is 14.4. The quantitative estimate of drug-likeness (QED) is 0.536. The fraction of sp³-hybridized carbons (Fsp3) is 0.348. The lowest BCUT2D eigenvalue weighted by atomic mass is 9.61. The summed E-state index contributed by atoms with van der Waals surface area (Å²) in [5.74, 6) is 0. The van der Waals surface area contributed by atoms with Crippen LogP contribution in [-0.2, 0) is 12.8 Å². The predicted molar refractivity (Wildman–Crippen MR) is 107 cm³/mol. The highest BCUT2D eigenvalue weighted by Crippen LogP contribution is 2.51. The summed E-state index contributed by atoms with van der Waals surface area (Å²) in [6, 6.07) is 15.0. The summed E-state index contributed by atoms with van der Waals surface area (Å²) in [5.41, 5.74) is 5.62. The zero-order chi connectivity index (χ0) is 17.0. The summed E-state index contributed by atoms with van der Waals surface area (Å²) in [5, 5.41) is 0.907. The largest absolute Gasteiger partial charge is 0.289 e. The minimum absolute atomic E-state index is 0.286. The van der Waals surface area contributed by atoms with Gasteiger partial charge in [0.25, 0.3) is 0 Å². The van der Waals surface area contributed by atoms with Gasteiger partial charge in [0.2, 0.25) is 0 Å². The number of fused-ring (bicyclic) bond motifs is 2. The van der Waals surface area contributed by atoms with E-state index in [-0.39, 0.29) is 5.43 Å². The molecule has 0 N–H and O–H groups in total. The van der Waals surface area contributed by atoms with Crippen molar-refractivity contribution in [3.63, 3.8) is 0 Å². The van der Waals surface area contributed by atoms with Crippen molar-refractivity contribution in [2.75, 3.05) is 0 Å². The first-order chi connectivity index (χ1) is 12.1. The van der Waals surface area contributed by atoms with Gasteiger partial charge in [0.15, 0.2) is 5.43 Å². The molecule has 2 aliphatic carbocycles. The topological polar surface area (TPSA) is 17.1 Å². The number of rotatable bonds is 1. The normalized spacial score (nSPS) is 18.1. The molecule has 1 aromatic heterocycles. The van der Waals surface area contributed by atoms with Gasteiger partial charge in [-0.15, -0.1) is 11.3 Å². The minimum Gasteiger partial charge on any atom is -0.289 e. The molecule has 2 heteroatoms. The van der Waals surface area contributed by atoms with Crippen LogP contribution < -0.4 is 5.43 Å². The van der Waals surface area contributed by atoms with E-state index in [1.54, 1.807) is 0 Å². The molecule has 126 valence electrons. The number of hydrogen-bond donors (Lipinski definition) is 0. The van der Waals surface area contributed by atoms with Crippen LogP contribution >= 0.6 is 11.3 Å². The summed E-state index contributed by atoms with van der Waals surface area (Å²) in [6.45, 7) is 2.11. The van der Waals surface area contributed by atoms with Crippen LogP contribution in [0, 0.1) is 12.3 Å². The minimum atomic E-state index is 0.286. The standard InChI is InChI=1S/C23H22OS/c1-15-3-5-16(6-4-15)17-7-8-18-20(13-17)25-21-14-23(10-2-11-23)12-9-19(21)22(18)24/h3-8,13H,2,9-12,14H2,1H3. The lowest BCUT2D eigenvalue weighted by Crippen LogP contribution is -2.36. The molecular formula is C23H22OS. The molecule has 1 spiro atoms. The van der Waals surface area contributed by atoms with Crippen LogP contribution in [0.5, 0.6) is 0 Å². The highest BCUT2D eigenvalue weighted by Gasteiger charge is 2.40. The third-order valence-corrected chi connectivity index (χ3v) is 7.50. The lowest BCUT2D eigenvalue weighted by molar-refractivity contribution is 0.113. The maximum atomic E-state index is 13.0. The van der Waals surface area contributed by atoms with Gasteiger partial charge in [-0.1, -0.05) is 42.3 Å². The molecule has 0 radical (unpaired) electrons. The van der Waals surface area contributed by atoms with Gasteiger partial charge in [-0.2, -0.15) is 0 Å². The van der Waals surface area contributed by atoms with Crippen LogP contribution in [0.3, 0.4) is 0 Å². The van der Waals surface area contributed by atoms with Crippen molar-refractivity contribution < 1.29 is 0 Å². The van der Waals surface area contributed by atoms with Crippen molar-refractivity contribution in [3.05, 3.63) is 68.7 Å². The lowest BCUT2D eigenvalue weighted by Gasteiger charge is -2.45. The van der Waals surface area contributed by atoms with E-state index in [2.05, 4.69) is 43.3 Å². The van der Waals surface area contributed by atoms with Gasteiger partial charge in [-0.3, -0.25) is 4.79 Å². The van der Waals surface area contributed by atoms with E-state index < -0.39 is 0 Å². The van der Waals surface area contributed by atoms with E-state index in [0.29, 0.717) is 5.41 Å². The van der Waals surface area contributed by atoms with Crippen LogP contribution in [0.4, 0.5) is 0 Å². The molecule has 1 nitrogen and oxygen atoms in total. The Balaban J connectivity index is 1.64. The number of benzene rings is 2. The Morgan fingerprint density at radius 2 is 1.72 bits per heavy atom. The molecule has 2 aromatic carbocycles. The van der Waals surface area contributed by atoms with Crippen molar-refractivity contribution in [2.24, 2.45) is 5.41 Å². The zero-order valence-electron chi connectivity index (χ0n) is 14.6. The van der Waals surface area contributed by atoms with Crippen LogP contribution in [0.15, 0.2) is 47.3 Å². The number of aryl methyl sites for hydroxylation is 1. The number of hydrogen-bond acceptors (Lipinski definition) is 2. The first kappa shape index (κ1) is 15.3. The van der Waals surface area contributed by atoms with Gasteiger partial charge < -0.3 is 0 Å². The fourth-order valence-corrected chi connectivity index (χ4v) is 5.94. The smallest absolute Gasteiger partial charge is 0.191 e. The summed E-state index contributed by atoms with van der Waals surface area (Å²) in [6.07, 6.45) is 7.42. The van der Waals surface area contributed by atoms with E-state index in [9.17, 15) is 4.79 Å². The van der Waals surface area contributed by atoms with Crippen LogP contribution in [0.2, 0.25) is 0 Å². The van der Waals surface area contributed by atoms with E-state index in [1.165, 1.54) is 47.3 Å². The maximum Gasteiger partial charge on any atom is 0.191 e. The summed E-state index contributed by atoms with van der Waals surface area (Å²) < 4.78 is 1.15. The average Bonchev–Trinajstić information content (AvgIpc) is 2.60. The van der Waals surface area contributed by atoms with Gasteiger partial charge in [-0.25, -0.2) is 0 Å². The zero-order valence-corrected chi connectivity index (χ0v) is 15.4. The molecule has 0 bridgehead atoms. The molecule has 3 aromatic rings. The molecule has 0 atom stereocenters. The molecular weight excluding hydrogens is 324 g/mol. The molecule has 0 amide bonds. The third-order valence-electron chi connectivity index (χ3n) is 6.31. The van der Waals surface area contributed by atoms with E-state index in [1.807, 2.05) is 17.4 Å². The molecule has 0 aliphatic heterocycles. The first-order valence-electron chi connectivity index (χ1n) is 9.29. The fourth-order valence-electron chi connectivity index (χ4n) is 4.52.